The van der Waals surface area contributed by atoms with Crippen LogP contribution in [0.3, 0.4) is 0 Å². The van der Waals surface area contributed by atoms with Crippen LogP contribution in [0.1, 0.15) is 0 Å². The third-order valence-electron chi connectivity index (χ3n) is 2.30. The quantitative estimate of drug-likeness (QED) is 0.607. The van der Waals surface area contributed by atoms with Gasteiger partial charge < -0.3 is 4.52 Å². The summed E-state index contributed by atoms with van der Waals surface area (Å²) >= 11 is 0. The molecule has 0 amide bonds. The standard InChI is InChI=1S/C10H5FN2O2/c11-5-1-2-8-6(3-5)9-7(4-12-8)10(14)15-13-9/h1-4,13H. The first-order valence-electron chi connectivity index (χ1n) is 4.31. The zero-order chi connectivity index (χ0) is 10.4. The highest BCUT2D eigenvalue weighted by Gasteiger charge is 2.08. The number of hydrogen-bond acceptors (Lipinski definition) is 3. The fourth-order valence-corrected chi connectivity index (χ4v) is 1.58. The molecule has 74 valence electrons. The van der Waals surface area contributed by atoms with E-state index in [2.05, 4.69) is 14.7 Å². The van der Waals surface area contributed by atoms with Gasteiger partial charge in [-0.3, -0.25) is 4.98 Å². The zero-order valence-electron chi connectivity index (χ0n) is 7.45. The number of rotatable bonds is 0. The smallest absolute Gasteiger partial charge is 0.338 e. The number of aromatic nitrogens is 2. The van der Waals surface area contributed by atoms with Gasteiger partial charge in [0.25, 0.3) is 0 Å². The molecule has 0 aliphatic carbocycles. The second kappa shape index (κ2) is 2.66. The van der Waals surface area contributed by atoms with Crippen molar-refractivity contribution in [2.24, 2.45) is 0 Å². The number of nitrogens with zero attached hydrogens (tertiary/aromatic N) is 1. The Balaban J connectivity index is 2.63. The Bertz CT molecular complexity index is 714. The Kier molecular flexibility index (Phi) is 1.45. The van der Waals surface area contributed by atoms with Crippen LogP contribution in [0.25, 0.3) is 21.8 Å². The third kappa shape index (κ3) is 1.06. The third-order valence-corrected chi connectivity index (χ3v) is 2.30. The van der Waals surface area contributed by atoms with Crippen LogP contribution in [0.15, 0.2) is 33.7 Å². The van der Waals surface area contributed by atoms with Gasteiger partial charge in [-0.15, -0.1) is 0 Å². The van der Waals surface area contributed by atoms with Gasteiger partial charge in [-0.2, -0.15) is 0 Å². The van der Waals surface area contributed by atoms with Crippen LogP contribution in [0.5, 0.6) is 0 Å². The lowest BCUT2D eigenvalue weighted by Gasteiger charge is -1.96. The maximum atomic E-state index is 13.0. The second-order valence-corrected chi connectivity index (χ2v) is 3.20. The van der Waals surface area contributed by atoms with E-state index in [1.54, 1.807) is 6.07 Å². The Morgan fingerprint density at radius 1 is 1.33 bits per heavy atom. The maximum absolute atomic E-state index is 13.0. The minimum absolute atomic E-state index is 0.327. The monoisotopic (exact) mass is 204 g/mol. The van der Waals surface area contributed by atoms with E-state index < -0.39 is 5.63 Å². The molecule has 0 fully saturated rings. The Hall–Kier alpha value is -2.17. The number of nitrogens with one attached hydrogen (secondary N) is 1. The molecule has 4 nitrogen and oxygen atoms in total. The van der Waals surface area contributed by atoms with E-state index in [0.29, 0.717) is 21.8 Å². The van der Waals surface area contributed by atoms with E-state index >= 15 is 0 Å². The molecule has 0 aliphatic heterocycles. The van der Waals surface area contributed by atoms with E-state index in [4.69, 9.17) is 0 Å². The fourth-order valence-electron chi connectivity index (χ4n) is 1.58. The molecule has 0 bridgehead atoms. The highest BCUT2D eigenvalue weighted by molar-refractivity contribution is 6.02. The van der Waals surface area contributed by atoms with Crippen LogP contribution in [-0.4, -0.2) is 10.1 Å². The summed E-state index contributed by atoms with van der Waals surface area (Å²) in [5.74, 6) is -0.376. The summed E-state index contributed by atoms with van der Waals surface area (Å²) in [6.45, 7) is 0. The van der Waals surface area contributed by atoms with Gasteiger partial charge in [0, 0.05) is 11.6 Å². The molecule has 3 aromatic rings. The van der Waals surface area contributed by atoms with Crippen molar-refractivity contribution in [2.75, 3.05) is 0 Å². The number of benzene rings is 1. The van der Waals surface area contributed by atoms with Crippen molar-refractivity contribution in [3.05, 3.63) is 40.6 Å². The molecule has 0 atom stereocenters. The van der Waals surface area contributed by atoms with Crippen molar-refractivity contribution in [1.29, 1.82) is 0 Å². The highest BCUT2D eigenvalue weighted by atomic mass is 19.1. The molecule has 15 heavy (non-hydrogen) atoms. The minimum atomic E-state index is -0.497. The maximum Gasteiger partial charge on any atom is 0.366 e. The van der Waals surface area contributed by atoms with Crippen LogP contribution in [0, 0.1) is 5.82 Å². The van der Waals surface area contributed by atoms with E-state index in [1.165, 1.54) is 18.3 Å². The van der Waals surface area contributed by atoms with Gasteiger partial charge in [-0.25, -0.2) is 14.3 Å². The van der Waals surface area contributed by atoms with E-state index in [9.17, 15) is 9.18 Å². The Morgan fingerprint density at radius 3 is 3.07 bits per heavy atom. The van der Waals surface area contributed by atoms with Crippen LogP contribution in [0.4, 0.5) is 4.39 Å². The molecule has 0 saturated heterocycles. The van der Waals surface area contributed by atoms with Gasteiger partial charge in [0.2, 0.25) is 0 Å². The topological polar surface area (TPSA) is 58.9 Å². The molecule has 5 heteroatoms. The van der Waals surface area contributed by atoms with Gasteiger partial charge in [0.1, 0.15) is 11.2 Å². The largest absolute Gasteiger partial charge is 0.366 e. The van der Waals surface area contributed by atoms with Crippen molar-refractivity contribution in [2.45, 2.75) is 0 Å². The van der Waals surface area contributed by atoms with Crippen molar-refractivity contribution < 1.29 is 8.91 Å². The molecular weight excluding hydrogens is 199 g/mol. The number of fused-ring (bicyclic) bond motifs is 3. The second-order valence-electron chi connectivity index (χ2n) is 3.20. The Morgan fingerprint density at radius 2 is 2.20 bits per heavy atom. The zero-order valence-corrected chi connectivity index (χ0v) is 7.45. The molecular formula is C10H5FN2O2. The Labute approximate surface area is 82.3 Å². The predicted octanol–water partition coefficient (Wildman–Crippen LogP) is 1.81. The first-order chi connectivity index (χ1) is 7.25. The van der Waals surface area contributed by atoms with Crippen molar-refractivity contribution in [3.8, 4) is 0 Å². The summed E-state index contributed by atoms with van der Waals surface area (Å²) in [6, 6.07) is 4.19. The minimum Gasteiger partial charge on any atom is -0.338 e. The van der Waals surface area contributed by atoms with Gasteiger partial charge in [0.15, 0.2) is 0 Å². The van der Waals surface area contributed by atoms with Crippen molar-refractivity contribution in [1.82, 2.24) is 10.1 Å². The number of halogens is 1. The summed E-state index contributed by atoms with van der Waals surface area (Å²) in [5.41, 5.74) is 0.592. The SMILES string of the molecule is O=c1o[nH]c2c1cnc1ccc(F)cc12. The van der Waals surface area contributed by atoms with Crippen LogP contribution in [-0.2, 0) is 0 Å². The average Bonchev–Trinajstić information content (AvgIpc) is 2.61. The molecule has 0 unspecified atom stereocenters. The van der Waals surface area contributed by atoms with E-state index in [1.807, 2.05) is 0 Å². The van der Waals surface area contributed by atoms with Crippen LogP contribution < -0.4 is 5.63 Å². The normalized spacial score (nSPS) is 11.3. The molecule has 0 radical (unpaired) electrons. The molecule has 1 N–H and O–H groups in total. The van der Waals surface area contributed by atoms with E-state index in [-0.39, 0.29) is 5.82 Å². The summed E-state index contributed by atoms with van der Waals surface area (Å²) in [7, 11) is 0. The summed E-state index contributed by atoms with van der Waals surface area (Å²) in [5, 5.41) is 3.33. The van der Waals surface area contributed by atoms with E-state index in [0.717, 1.165) is 0 Å². The average molecular weight is 204 g/mol. The van der Waals surface area contributed by atoms with Gasteiger partial charge in [-0.1, -0.05) is 0 Å². The lowest BCUT2D eigenvalue weighted by Crippen LogP contribution is -1.91. The van der Waals surface area contributed by atoms with Crippen molar-refractivity contribution in [3.63, 3.8) is 0 Å². The van der Waals surface area contributed by atoms with Crippen molar-refractivity contribution >= 4 is 21.8 Å². The number of hydrogen-bond donors (Lipinski definition) is 1. The first-order valence-corrected chi connectivity index (χ1v) is 4.31. The van der Waals surface area contributed by atoms with Crippen LogP contribution >= 0.6 is 0 Å². The summed E-state index contributed by atoms with van der Waals surface area (Å²) in [6.07, 6.45) is 1.41. The first kappa shape index (κ1) is 8.16. The molecule has 0 aliphatic rings. The molecule has 2 aromatic heterocycles. The molecule has 3 rings (SSSR count). The summed E-state index contributed by atoms with van der Waals surface area (Å²) in [4.78, 5) is 15.2. The van der Waals surface area contributed by atoms with Gasteiger partial charge in [0.05, 0.1) is 11.0 Å². The molecule has 0 spiro atoms. The fraction of sp³-hybridized carbons (Fsp3) is 0. The molecule has 1 aromatic carbocycles. The van der Waals surface area contributed by atoms with Gasteiger partial charge in [-0.05, 0) is 18.2 Å². The number of pyridine rings is 1. The summed E-state index contributed by atoms with van der Waals surface area (Å²) < 4.78 is 17.6. The van der Waals surface area contributed by atoms with Crippen LogP contribution in [0.2, 0.25) is 0 Å². The molecule has 2 heterocycles. The number of aromatic amines is 1. The molecule has 0 saturated carbocycles. The van der Waals surface area contributed by atoms with Gasteiger partial charge >= 0.3 is 5.63 Å². The lowest BCUT2D eigenvalue weighted by atomic mass is 10.2. The lowest BCUT2D eigenvalue weighted by molar-refractivity contribution is 0.400. The highest BCUT2D eigenvalue weighted by Crippen LogP contribution is 2.20. The number of H-pyrrole nitrogens is 1. The predicted molar refractivity (Wildman–Crippen MR) is 52.1 cm³/mol.